The minimum Gasteiger partial charge on any atom is -0.481 e. The van der Waals surface area contributed by atoms with Gasteiger partial charge in [0.05, 0.1) is 5.92 Å². The summed E-state index contributed by atoms with van der Waals surface area (Å²) in [5.41, 5.74) is 0. The Morgan fingerprint density at radius 2 is 2.00 bits per heavy atom. The molecule has 1 atom stereocenters. The number of hydrogen-bond donors (Lipinski definition) is 1. The monoisotopic (exact) mass is 306 g/mol. The van der Waals surface area contributed by atoms with E-state index in [2.05, 4.69) is 28.8 Å². The highest BCUT2D eigenvalue weighted by Crippen LogP contribution is 2.24. The lowest BCUT2D eigenvalue weighted by Gasteiger charge is -2.34. The lowest BCUT2D eigenvalue weighted by molar-refractivity contribution is -0.142. The van der Waals surface area contributed by atoms with Crippen molar-refractivity contribution in [2.75, 3.05) is 13.1 Å². The van der Waals surface area contributed by atoms with E-state index in [1.807, 2.05) is 4.68 Å². The summed E-state index contributed by atoms with van der Waals surface area (Å²) in [6.07, 6.45) is 4.54. The first kappa shape index (κ1) is 15.5. The SMILES string of the molecule is CC(C)N1CCC(Cc2nc3n(n2)CCC(C(=O)O)C3)CC1. The molecule has 2 aliphatic rings. The van der Waals surface area contributed by atoms with Crippen LogP contribution in [-0.4, -0.2) is 49.9 Å². The van der Waals surface area contributed by atoms with Crippen LogP contribution < -0.4 is 0 Å². The van der Waals surface area contributed by atoms with Crippen LogP contribution in [-0.2, 0) is 24.2 Å². The van der Waals surface area contributed by atoms with Crippen LogP contribution >= 0.6 is 0 Å². The first-order valence-electron chi connectivity index (χ1n) is 8.42. The van der Waals surface area contributed by atoms with Crippen LogP contribution in [0.4, 0.5) is 0 Å². The second-order valence-corrected chi connectivity index (χ2v) is 6.97. The average Bonchev–Trinajstić information content (AvgIpc) is 2.88. The van der Waals surface area contributed by atoms with Crippen LogP contribution in [0.3, 0.4) is 0 Å². The molecule has 1 fully saturated rings. The Labute approximate surface area is 131 Å². The van der Waals surface area contributed by atoms with Crippen molar-refractivity contribution in [3.05, 3.63) is 11.6 Å². The number of carbonyl (C=O) groups is 1. The number of likely N-dealkylation sites (tertiary alicyclic amines) is 1. The second-order valence-electron chi connectivity index (χ2n) is 6.97. The van der Waals surface area contributed by atoms with Crippen LogP contribution in [0.15, 0.2) is 0 Å². The number of fused-ring (bicyclic) bond motifs is 1. The maximum atomic E-state index is 11.1. The summed E-state index contributed by atoms with van der Waals surface area (Å²) >= 11 is 0. The van der Waals surface area contributed by atoms with Gasteiger partial charge in [0.15, 0.2) is 5.82 Å². The summed E-state index contributed by atoms with van der Waals surface area (Å²) < 4.78 is 1.91. The van der Waals surface area contributed by atoms with Gasteiger partial charge < -0.3 is 10.0 Å². The first-order valence-corrected chi connectivity index (χ1v) is 8.42. The fraction of sp³-hybridized carbons (Fsp3) is 0.812. The van der Waals surface area contributed by atoms with Gasteiger partial charge in [0.25, 0.3) is 0 Å². The minimum absolute atomic E-state index is 0.293. The van der Waals surface area contributed by atoms with Gasteiger partial charge in [0, 0.05) is 25.4 Å². The van der Waals surface area contributed by atoms with Gasteiger partial charge in [-0.2, -0.15) is 5.10 Å². The summed E-state index contributed by atoms with van der Waals surface area (Å²) in [6.45, 7) is 7.52. The third-order valence-corrected chi connectivity index (χ3v) is 5.11. The van der Waals surface area contributed by atoms with Crippen molar-refractivity contribution in [2.24, 2.45) is 11.8 Å². The average molecular weight is 306 g/mol. The first-order chi connectivity index (χ1) is 10.5. The van der Waals surface area contributed by atoms with Gasteiger partial charge in [0.1, 0.15) is 5.82 Å². The van der Waals surface area contributed by atoms with Crippen LogP contribution in [0.2, 0.25) is 0 Å². The largest absolute Gasteiger partial charge is 0.481 e. The molecule has 1 aromatic heterocycles. The molecule has 0 aromatic carbocycles. The van der Waals surface area contributed by atoms with E-state index in [0.717, 1.165) is 31.2 Å². The number of rotatable bonds is 4. The topological polar surface area (TPSA) is 71.2 Å². The number of aromatic nitrogens is 3. The molecule has 1 aromatic rings. The Morgan fingerprint density at radius 3 is 2.64 bits per heavy atom. The molecule has 1 unspecified atom stereocenters. The number of nitrogens with zero attached hydrogens (tertiary/aromatic N) is 4. The van der Waals surface area contributed by atoms with E-state index in [9.17, 15) is 4.79 Å². The Balaban J connectivity index is 1.58. The number of carboxylic acids is 1. The van der Waals surface area contributed by atoms with E-state index in [1.54, 1.807) is 0 Å². The van der Waals surface area contributed by atoms with Crippen LogP contribution in [0, 0.1) is 11.8 Å². The van der Waals surface area contributed by atoms with Gasteiger partial charge in [0.2, 0.25) is 0 Å². The van der Waals surface area contributed by atoms with E-state index in [4.69, 9.17) is 5.11 Å². The minimum atomic E-state index is -0.711. The summed E-state index contributed by atoms with van der Waals surface area (Å²) in [4.78, 5) is 18.2. The zero-order chi connectivity index (χ0) is 15.7. The van der Waals surface area contributed by atoms with Gasteiger partial charge in [-0.15, -0.1) is 0 Å². The molecular formula is C16H26N4O2. The van der Waals surface area contributed by atoms with E-state index < -0.39 is 5.97 Å². The number of hydrogen-bond acceptors (Lipinski definition) is 4. The lowest BCUT2D eigenvalue weighted by Crippen LogP contribution is -2.38. The Kier molecular flexibility index (Phi) is 4.47. The summed E-state index contributed by atoms with van der Waals surface area (Å²) in [7, 11) is 0. The Bertz CT molecular complexity index is 532. The predicted molar refractivity (Wildman–Crippen MR) is 82.6 cm³/mol. The van der Waals surface area contributed by atoms with Crippen LogP contribution in [0.5, 0.6) is 0 Å². The van der Waals surface area contributed by atoms with Crippen molar-refractivity contribution in [3.63, 3.8) is 0 Å². The van der Waals surface area contributed by atoms with Crippen molar-refractivity contribution in [2.45, 2.75) is 58.5 Å². The molecule has 3 heterocycles. The smallest absolute Gasteiger partial charge is 0.307 e. The van der Waals surface area contributed by atoms with E-state index >= 15 is 0 Å². The maximum absolute atomic E-state index is 11.1. The van der Waals surface area contributed by atoms with Crippen molar-refractivity contribution < 1.29 is 9.90 Å². The van der Waals surface area contributed by atoms with E-state index in [1.165, 1.54) is 12.8 Å². The van der Waals surface area contributed by atoms with Gasteiger partial charge in [-0.05, 0) is 52.1 Å². The molecule has 0 amide bonds. The van der Waals surface area contributed by atoms with Crippen molar-refractivity contribution in [1.29, 1.82) is 0 Å². The van der Waals surface area contributed by atoms with Gasteiger partial charge in [-0.25, -0.2) is 9.67 Å². The molecular weight excluding hydrogens is 280 g/mol. The third kappa shape index (κ3) is 3.32. The molecule has 6 heteroatoms. The molecule has 1 N–H and O–H groups in total. The van der Waals surface area contributed by atoms with Crippen LogP contribution in [0.25, 0.3) is 0 Å². The second kappa shape index (κ2) is 6.36. The van der Waals surface area contributed by atoms with Gasteiger partial charge in [-0.3, -0.25) is 4.79 Å². The number of carboxylic acid groups (broad SMARTS) is 1. The lowest BCUT2D eigenvalue weighted by atomic mass is 9.92. The third-order valence-electron chi connectivity index (χ3n) is 5.11. The van der Waals surface area contributed by atoms with E-state index in [-0.39, 0.29) is 5.92 Å². The van der Waals surface area contributed by atoms with Crippen molar-refractivity contribution in [1.82, 2.24) is 19.7 Å². The summed E-state index contributed by atoms with van der Waals surface area (Å²) in [5, 5.41) is 13.7. The highest BCUT2D eigenvalue weighted by atomic mass is 16.4. The molecule has 0 spiro atoms. The summed E-state index contributed by atoms with van der Waals surface area (Å²) in [5.74, 6) is 1.42. The summed E-state index contributed by atoms with van der Waals surface area (Å²) in [6, 6.07) is 0.631. The van der Waals surface area contributed by atoms with E-state index in [0.29, 0.717) is 31.3 Å². The van der Waals surface area contributed by atoms with Crippen LogP contribution in [0.1, 0.15) is 44.8 Å². The standard InChI is InChI=1S/C16H26N4O2/c1-11(2)19-6-3-12(4-7-19)9-14-17-15-10-13(16(21)22)5-8-20(15)18-14/h11-13H,3-10H2,1-2H3,(H,21,22). The molecule has 0 aliphatic carbocycles. The predicted octanol–water partition coefficient (Wildman–Crippen LogP) is 1.59. The highest BCUT2D eigenvalue weighted by molar-refractivity contribution is 5.70. The normalized spacial score (nSPS) is 23.7. The van der Waals surface area contributed by atoms with Gasteiger partial charge in [-0.1, -0.05) is 0 Å². The molecule has 0 saturated carbocycles. The number of piperidine rings is 1. The van der Waals surface area contributed by atoms with Crippen molar-refractivity contribution >= 4 is 5.97 Å². The van der Waals surface area contributed by atoms with Crippen molar-refractivity contribution in [3.8, 4) is 0 Å². The van der Waals surface area contributed by atoms with Gasteiger partial charge >= 0.3 is 5.97 Å². The molecule has 0 bridgehead atoms. The molecule has 3 rings (SSSR count). The zero-order valence-electron chi connectivity index (χ0n) is 13.5. The molecule has 0 radical (unpaired) electrons. The maximum Gasteiger partial charge on any atom is 0.307 e. The molecule has 22 heavy (non-hydrogen) atoms. The highest BCUT2D eigenvalue weighted by Gasteiger charge is 2.28. The fourth-order valence-electron chi connectivity index (χ4n) is 3.59. The Morgan fingerprint density at radius 1 is 1.27 bits per heavy atom. The zero-order valence-corrected chi connectivity index (χ0v) is 13.5. The quantitative estimate of drug-likeness (QED) is 0.914. The Hall–Kier alpha value is -1.43. The molecule has 1 saturated heterocycles. The molecule has 122 valence electrons. The fourth-order valence-corrected chi connectivity index (χ4v) is 3.59. The molecule has 6 nitrogen and oxygen atoms in total. The number of aryl methyl sites for hydroxylation is 1. The molecule has 2 aliphatic heterocycles. The number of aliphatic carboxylic acids is 1.